The van der Waals surface area contributed by atoms with Crippen molar-refractivity contribution in [1.82, 2.24) is 9.55 Å². The van der Waals surface area contributed by atoms with Crippen LogP contribution in [0.1, 0.15) is 17.4 Å². The van der Waals surface area contributed by atoms with Crippen LogP contribution >= 0.6 is 23.1 Å². The third-order valence-electron chi connectivity index (χ3n) is 4.67. The predicted octanol–water partition coefficient (Wildman–Crippen LogP) is 4.40. The zero-order chi connectivity index (χ0) is 20.4. The first-order valence-electron chi connectivity index (χ1n) is 8.95. The summed E-state index contributed by atoms with van der Waals surface area (Å²) in [5.74, 6) is -0.0470. The second-order valence-corrected chi connectivity index (χ2v) is 9.07. The van der Waals surface area contributed by atoms with Crippen LogP contribution in [0, 0.1) is 13.8 Å². The van der Waals surface area contributed by atoms with E-state index in [2.05, 4.69) is 6.58 Å². The summed E-state index contributed by atoms with van der Waals surface area (Å²) in [4.78, 5) is 34.1. The van der Waals surface area contributed by atoms with E-state index in [0.29, 0.717) is 17.1 Å². The minimum atomic E-state index is -0.396. The van der Waals surface area contributed by atoms with Crippen LogP contribution in [0.2, 0.25) is 0 Å². The maximum atomic E-state index is 13.1. The van der Waals surface area contributed by atoms with Gasteiger partial charge in [-0.3, -0.25) is 14.2 Å². The van der Waals surface area contributed by atoms with E-state index in [1.54, 1.807) is 22.6 Å². The van der Waals surface area contributed by atoms with Gasteiger partial charge in [-0.2, -0.15) is 0 Å². The maximum Gasteiger partial charge on any atom is 0.263 e. The van der Waals surface area contributed by atoms with Gasteiger partial charge in [0, 0.05) is 24.2 Å². The first-order valence-corrected chi connectivity index (χ1v) is 10.7. The van der Waals surface area contributed by atoms with Gasteiger partial charge in [0.2, 0.25) is 5.91 Å². The van der Waals surface area contributed by atoms with E-state index >= 15 is 0 Å². The van der Waals surface area contributed by atoms with Crippen molar-refractivity contribution in [3.05, 3.63) is 63.8 Å². The number of hydrogen-bond donors (Lipinski definition) is 0. The number of carbonyl (C=O) groups is 1. The van der Waals surface area contributed by atoms with Crippen molar-refractivity contribution < 1.29 is 4.79 Å². The van der Waals surface area contributed by atoms with Gasteiger partial charge in [0.25, 0.3) is 5.56 Å². The molecule has 0 unspecified atom stereocenters. The van der Waals surface area contributed by atoms with E-state index in [1.807, 2.05) is 51.1 Å². The summed E-state index contributed by atoms with van der Waals surface area (Å²) in [5.41, 5.74) is 1.72. The van der Waals surface area contributed by atoms with Crippen LogP contribution in [0.3, 0.4) is 0 Å². The van der Waals surface area contributed by atoms with E-state index in [4.69, 9.17) is 4.98 Å². The summed E-state index contributed by atoms with van der Waals surface area (Å²) in [6.07, 6.45) is 1.68. The molecule has 1 aromatic carbocycles. The lowest BCUT2D eigenvalue weighted by molar-refractivity contribution is -0.117. The number of para-hydroxylation sites is 1. The lowest BCUT2D eigenvalue weighted by Gasteiger charge is -2.21. The van der Waals surface area contributed by atoms with Crippen molar-refractivity contribution in [2.75, 3.05) is 11.9 Å². The van der Waals surface area contributed by atoms with Gasteiger partial charge in [0.15, 0.2) is 5.16 Å². The Morgan fingerprint density at radius 2 is 2.04 bits per heavy atom. The fourth-order valence-electron chi connectivity index (χ4n) is 2.95. The number of fused-ring (bicyclic) bond motifs is 1. The van der Waals surface area contributed by atoms with Crippen molar-refractivity contribution in [2.24, 2.45) is 0 Å². The number of aromatic nitrogens is 2. The summed E-state index contributed by atoms with van der Waals surface area (Å²) in [6.45, 7) is 9.89. The normalized spacial score (nSPS) is 12.1. The Labute approximate surface area is 172 Å². The smallest absolute Gasteiger partial charge is 0.263 e. The number of nitrogens with zero attached hydrogens (tertiary/aromatic N) is 3. The number of thioether (sulfide) groups is 1. The first-order chi connectivity index (χ1) is 13.3. The average Bonchev–Trinajstić information content (AvgIpc) is 2.98. The lowest BCUT2D eigenvalue weighted by Crippen LogP contribution is -2.34. The number of amides is 1. The molecule has 0 saturated heterocycles. The van der Waals surface area contributed by atoms with Crippen LogP contribution in [-0.2, 0) is 11.3 Å². The average molecular weight is 414 g/mol. The number of carbonyl (C=O) groups excluding carboxylic acids is 1. The molecule has 0 aliphatic rings. The molecule has 3 aromatic rings. The molecule has 0 fully saturated rings. The van der Waals surface area contributed by atoms with E-state index in [-0.39, 0.29) is 11.5 Å². The zero-order valence-electron chi connectivity index (χ0n) is 16.4. The molecular weight excluding hydrogens is 390 g/mol. The standard InChI is InChI=1S/C21H23N3O2S2/c1-6-12-24-20(26)17-13(2)14(3)27-18(17)22-21(24)28-15(4)19(25)23(5)16-10-8-7-9-11-16/h6-11,15H,1,12H2,2-5H3/t15-/m1/s1. The van der Waals surface area contributed by atoms with Gasteiger partial charge in [-0.05, 0) is 38.5 Å². The van der Waals surface area contributed by atoms with Crippen LogP contribution in [0.25, 0.3) is 10.2 Å². The molecule has 1 atom stereocenters. The summed E-state index contributed by atoms with van der Waals surface area (Å²) in [5, 5.41) is 0.808. The van der Waals surface area contributed by atoms with Crippen LogP contribution in [0.15, 0.2) is 52.9 Å². The summed E-state index contributed by atoms with van der Waals surface area (Å²) in [7, 11) is 1.76. The number of hydrogen-bond acceptors (Lipinski definition) is 5. The molecule has 0 radical (unpaired) electrons. The fraction of sp³-hybridized carbons (Fsp3) is 0.286. The van der Waals surface area contributed by atoms with Crippen molar-refractivity contribution >= 4 is 44.9 Å². The first kappa shape index (κ1) is 20.4. The highest BCUT2D eigenvalue weighted by molar-refractivity contribution is 8.00. The van der Waals surface area contributed by atoms with Gasteiger partial charge < -0.3 is 4.90 Å². The van der Waals surface area contributed by atoms with E-state index in [9.17, 15) is 9.59 Å². The quantitative estimate of drug-likeness (QED) is 0.341. The Bertz CT molecular complexity index is 1090. The highest BCUT2D eigenvalue weighted by atomic mass is 32.2. The van der Waals surface area contributed by atoms with Gasteiger partial charge in [-0.15, -0.1) is 17.9 Å². The second-order valence-electron chi connectivity index (χ2n) is 6.56. The van der Waals surface area contributed by atoms with Crippen molar-refractivity contribution in [3.8, 4) is 0 Å². The Hall–Kier alpha value is -2.38. The highest BCUT2D eigenvalue weighted by Gasteiger charge is 2.23. The molecule has 2 heterocycles. The van der Waals surface area contributed by atoms with Gasteiger partial charge >= 0.3 is 0 Å². The van der Waals surface area contributed by atoms with E-state index < -0.39 is 5.25 Å². The number of allylic oxidation sites excluding steroid dienone is 1. The fourth-order valence-corrected chi connectivity index (χ4v) is 5.03. The van der Waals surface area contributed by atoms with Gasteiger partial charge in [0.05, 0.1) is 10.6 Å². The topological polar surface area (TPSA) is 55.2 Å². The molecule has 0 aliphatic heterocycles. The largest absolute Gasteiger partial charge is 0.315 e. The Balaban J connectivity index is 1.96. The van der Waals surface area contributed by atoms with Gasteiger partial charge in [-0.1, -0.05) is 36.0 Å². The second kappa shape index (κ2) is 8.32. The van der Waals surface area contributed by atoms with E-state index in [0.717, 1.165) is 21.0 Å². The highest BCUT2D eigenvalue weighted by Crippen LogP contribution is 2.30. The molecule has 0 saturated carbocycles. The molecule has 3 rings (SSSR count). The minimum absolute atomic E-state index is 0.0470. The summed E-state index contributed by atoms with van der Waals surface area (Å²) in [6, 6.07) is 9.50. The number of aryl methyl sites for hydroxylation is 2. The molecule has 7 heteroatoms. The molecular formula is C21H23N3O2S2. The molecule has 0 spiro atoms. The maximum absolute atomic E-state index is 13.1. The molecule has 2 aromatic heterocycles. The van der Waals surface area contributed by atoms with Gasteiger partial charge in [-0.25, -0.2) is 4.98 Å². The lowest BCUT2D eigenvalue weighted by atomic mass is 10.2. The molecule has 0 N–H and O–H groups in total. The summed E-state index contributed by atoms with van der Waals surface area (Å²) < 4.78 is 1.60. The summed E-state index contributed by atoms with van der Waals surface area (Å²) >= 11 is 2.82. The molecule has 28 heavy (non-hydrogen) atoms. The number of benzene rings is 1. The molecule has 0 aliphatic carbocycles. The third-order valence-corrected chi connectivity index (χ3v) is 6.85. The Morgan fingerprint density at radius 3 is 2.68 bits per heavy atom. The Morgan fingerprint density at radius 1 is 1.36 bits per heavy atom. The zero-order valence-corrected chi connectivity index (χ0v) is 18.1. The van der Waals surface area contributed by atoms with E-state index in [1.165, 1.54) is 23.1 Å². The Kier molecular flexibility index (Phi) is 6.05. The molecule has 146 valence electrons. The van der Waals surface area contributed by atoms with Gasteiger partial charge in [0.1, 0.15) is 4.83 Å². The van der Waals surface area contributed by atoms with Crippen LogP contribution < -0.4 is 10.5 Å². The third kappa shape index (κ3) is 3.77. The molecule has 0 bridgehead atoms. The SMILES string of the molecule is C=CCn1c(S[C@H](C)C(=O)N(C)c2ccccc2)nc2sc(C)c(C)c2c1=O. The molecule has 1 amide bonds. The number of rotatable bonds is 6. The van der Waals surface area contributed by atoms with Crippen LogP contribution in [-0.4, -0.2) is 27.8 Å². The molecule has 5 nitrogen and oxygen atoms in total. The number of thiophene rings is 1. The predicted molar refractivity (Wildman–Crippen MR) is 119 cm³/mol. The van der Waals surface area contributed by atoms with Crippen LogP contribution in [0.4, 0.5) is 5.69 Å². The monoisotopic (exact) mass is 413 g/mol. The van der Waals surface area contributed by atoms with Crippen molar-refractivity contribution in [1.29, 1.82) is 0 Å². The van der Waals surface area contributed by atoms with Crippen molar-refractivity contribution in [2.45, 2.75) is 37.7 Å². The number of anilines is 1. The van der Waals surface area contributed by atoms with Crippen molar-refractivity contribution in [3.63, 3.8) is 0 Å². The van der Waals surface area contributed by atoms with Crippen LogP contribution in [0.5, 0.6) is 0 Å². The minimum Gasteiger partial charge on any atom is -0.315 e.